The standard InChI is InChI=1S/C15H21ClN4/c1-4-12-15(16)14(20(5-2)19-12)10-17-9-13-11(3)7-6-8-18-13/h6-8,17H,4-5,9-10H2,1-3H3. The summed E-state index contributed by atoms with van der Waals surface area (Å²) in [4.78, 5) is 4.38. The van der Waals surface area contributed by atoms with Crippen molar-refractivity contribution in [3.05, 3.63) is 46.0 Å². The second-order valence-electron chi connectivity index (χ2n) is 4.75. The summed E-state index contributed by atoms with van der Waals surface area (Å²) in [5.74, 6) is 0. The molecule has 0 aliphatic carbocycles. The van der Waals surface area contributed by atoms with Crippen LogP contribution < -0.4 is 5.32 Å². The second-order valence-corrected chi connectivity index (χ2v) is 5.13. The lowest BCUT2D eigenvalue weighted by atomic mass is 10.2. The molecule has 0 saturated carbocycles. The average molecular weight is 293 g/mol. The average Bonchev–Trinajstić information content (AvgIpc) is 2.77. The van der Waals surface area contributed by atoms with E-state index in [0.29, 0.717) is 6.54 Å². The van der Waals surface area contributed by atoms with Crippen molar-refractivity contribution in [3.63, 3.8) is 0 Å². The number of rotatable bonds is 6. The number of hydrogen-bond acceptors (Lipinski definition) is 3. The number of hydrogen-bond donors (Lipinski definition) is 1. The van der Waals surface area contributed by atoms with Crippen LogP contribution in [0.1, 0.15) is 36.5 Å². The molecule has 0 aromatic carbocycles. The highest BCUT2D eigenvalue weighted by molar-refractivity contribution is 6.31. The molecular weight excluding hydrogens is 272 g/mol. The molecule has 1 N–H and O–H groups in total. The van der Waals surface area contributed by atoms with Crippen molar-refractivity contribution in [1.82, 2.24) is 20.1 Å². The molecule has 0 bridgehead atoms. The summed E-state index contributed by atoms with van der Waals surface area (Å²) in [6, 6.07) is 4.03. The van der Waals surface area contributed by atoms with Crippen molar-refractivity contribution in [2.75, 3.05) is 0 Å². The molecule has 2 aromatic rings. The van der Waals surface area contributed by atoms with Crippen LogP contribution in [0.4, 0.5) is 0 Å². The normalized spacial score (nSPS) is 11.0. The van der Waals surface area contributed by atoms with Crippen molar-refractivity contribution < 1.29 is 0 Å². The van der Waals surface area contributed by atoms with Crippen LogP contribution in [0.3, 0.4) is 0 Å². The zero-order valence-electron chi connectivity index (χ0n) is 12.3. The Morgan fingerprint density at radius 2 is 2.05 bits per heavy atom. The topological polar surface area (TPSA) is 42.7 Å². The van der Waals surface area contributed by atoms with E-state index >= 15 is 0 Å². The van der Waals surface area contributed by atoms with Crippen LogP contribution in [0.5, 0.6) is 0 Å². The summed E-state index contributed by atoms with van der Waals surface area (Å²) in [6.45, 7) is 8.49. The SMILES string of the molecule is CCc1nn(CC)c(CNCc2ncccc2C)c1Cl. The van der Waals surface area contributed by atoms with E-state index in [4.69, 9.17) is 11.6 Å². The lowest BCUT2D eigenvalue weighted by Gasteiger charge is -2.08. The van der Waals surface area contributed by atoms with Crippen LogP contribution in [0.25, 0.3) is 0 Å². The summed E-state index contributed by atoms with van der Waals surface area (Å²) >= 11 is 6.38. The number of nitrogens with zero attached hydrogens (tertiary/aromatic N) is 3. The Balaban J connectivity index is 2.04. The maximum Gasteiger partial charge on any atom is 0.0863 e. The molecule has 4 nitrogen and oxygen atoms in total. The van der Waals surface area contributed by atoms with Crippen molar-refractivity contribution in [3.8, 4) is 0 Å². The van der Waals surface area contributed by atoms with Crippen LogP contribution in [-0.4, -0.2) is 14.8 Å². The predicted octanol–water partition coefficient (Wildman–Crippen LogP) is 3.11. The van der Waals surface area contributed by atoms with E-state index in [1.807, 2.05) is 16.9 Å². The number of halogens is 1. The monoisotopic (exact) mass is 292 g/mol. The van der Waals surface area contributed by atoms with Crippen LogP contribution >= 0.6 is 11.6 Å². The molecule has 0 radical (unpaired) electrons. The molecule has 2 aromatic heterocycles. The lowest BCUT2D eigenvalue weighted by Crippen LogP contribution is -2.17. The molecule has 2 rings (SSSR count). The van der Waals surface area contributed by atoms with Gasteiger partial charge >= 0.3 is 0 Å². The quantitative estimate of drug-likeness (QED) is 0.889. The van der Waals surface area contributed by atoms with Gasteiger partial charge in [0, 0.05) is 25.8 Å². The summed E-state index contributed by atoms with van der Waals surface area (Å²) in [5.41, 5.74) is 4.30. The lowest BCUT2D eigenvalue weighted by molar-refractivity contribution is 0.574. The van der Waals surface area contributed by atoms with Gasteiger partial charge in [0.05, 0.1) is 22.1 Å². The first kappa shape index (κ1) is 15.0. The third-order valence-corrected chi connectivity index (χ3v) is 3.83. The largest absolute Gasteiger partial charge is 0.305 e. The first-order chi connectivity index (χ1) is 9.67. The zero-order chi connectivity index (χ0) is 14.5. The van der Waals surface area contributed by atoms with E-state index in [1.165, 1.54) is 5.56 Å². The summed E-state index contributed by atoms with van der Waals surface area (Å²) in [5, 5.41) is 8.71. The fourth-order valence-corrected chi connectivity index (χ4v) is 2.52. The highest BCUT2D eigenvalue weighted by Crippen LogP contribution is 2.21. The second kappa shape index (κ2) is 6.86. The van der Waals surface area contributed by atoms with E-state index in [9.17, 15) is 0 Å². The number of aryl methyl sites for hydroxylation is 3. The Morgan fingerprint density at radius 3 is 2.70 bits per heavy atom. The fourth-order valence-electron chi connectivity index (χ4n) is 2.19. The molecule has 0 saturated heterocycles. The van der Waals surface area contributed by atoms with Gasteiger partial charge in [0.1, 0.15) is 0 Å². The van der Waals surface area contributed by atoms with Crippen LogP contribution in [-0.2, 0) is 26.1 Å². The van der Waals surface area contributed by atoms with E-state index in [2.05, 4.69) is 42.2 Å². The summed E-state index contributed by atoms with van der Waals surface area (Å²) in [7, 11) is 0. The predicted molar refractivity (Wildman–Crippen MR) is 81.8 cm³/mol. The first-order valence-electron chi connectivity index (χ1n) is 7.02. The van der Waals surface area contributed by atoms with Crippen LogP contribution in [0.2, 0.25) is 5.02 Å². The summed E-state index contributed by atoms with van der Waals surface area (Å²) in [6.07, 6.45) is 2.68. The first-order valence-corrected chi connectivity index (χ1v) is 7.40. The zero-order valence-corrected chi connectivity index (χ0v) is 13.0. The van der Waals surface area contributed by atoms with Gasteiger partial charge in [-0.05, 0) is 31.9 Å². The Bertz CT molecular complexity index is 577. The fraction of sp³-hybridized carbons (Fsp3) is 0.467. The molecule has 0 fully saturated rings. The minimum Gasteiger partial charge on any atom is -0.305 e. The third kappa shape index (κ3) is 3.19. The number of aromatic nitrogens is 3. The van der Waals surface area contributed by atoms with Gasteiger partial charge in [-0.1, -0.05) is 24.6 Å². The Labute approximate surface area is 125 Å². The van der Waals surface area contributed by atoms with Gasteiger partial charge in [-0.15, -0.1) is 0 Å². The van der Waals surface area contributed by atoms with Crippen molar-refractivity contribution >= 4 is 11.6 Å². The molecule has 20 heavy (non-hydrogen) atoms. The van der Waals surface area contributed by atoms with E-state index in [1.54, 1.807) is 0 Å². The summed E-state index contributed by atoms with van der Waals surface area (Å²) < 4.78 is 1.97. The maximum atomic E-state index is 6.38. The Morgan fingerprint density at radius 1 is 1.25 bits per heavy atom. The van der Waals surface area contributed by atoms with Gasteiger partial charge in [-0.2, -0.15) is 5.10 Å². The minimum atomic E-state index is 0.704. The van der Waals surface area contributed by atoms with Gasteiger partial charge < -0.3 is 5.32 Å². The molecule has 2 heterocycles. The van der Waals surface area contributed by atoms with E-state index in [-0.39, 0.29) is 0 Å². The number of pyridine rings is 1. The van der Waals surface area contributed by atoms with Crippen LogP contribution in [0.15, 0.2) is 18.3 Å². The van der Waals surface area contributed by atoms with Crippen molar-refractivity contribution in [2.24, 2.45) is 0 Å². The maximum absolute atomic E-state index is 6.38. The molecule has 0 spiro atoms. The van der Waals surface area contributed by atoms with Crippen molar-refractivity contribution in [1.29, 1.82) is 0 Å². The Hall–Kier alpha value is -1.39. The minimum absolute atomic E-state index is 0.704. The molecule has 108 valence electrons. The van der Waals surface area contributed by atoms with Gasteiger partial charge in [0.15, 0.2) is 0 Å². The van der Waals surface area contributed by atoms with Gasteiger partial charge in [0.25, 0.3) is 0 Å². The van der Waals surface area contributed by atoms with Crippen LogP contribution in [0, 0.1) is 6.92 Å². The Kier molecular flexibility index (Phi) is 5.15. The smallest absolute Gasteiger partial charge is 0.0863 e. The third-order valence-electron chi connectivity index (χ3n) is 3.40. The van der Waals surface area contributed by atoms with E-state index in [0.717, 1.165) is 41.6 Å². The molecule has 5 heteroatoms. The molecular formula is C15H21ClN4. The molecule has 0 atom stereocenters. The van der Waals surface area contributed by atoms with Gasteiger partial charge in [-0.3, -0.25) is 9.67 Å². The molecule has 0 amide bonds. The molecule has 0 aliphatic heterocycles. The number of nitrogens with one attached hydrogen (secondary N) is 1. The van der Waals surface area contributed by atoms with E-state index < -0.39 is 0 Å². The van der Waals surface area contributed by atoms with Gasteiger partial charge in [0.2, 0.25) is 0 Å². The molecule has 0 aliphatic rings. The highest BCUT2D eigenvalue weighted by atomic mass is 35.5. The highest BCUT2D eigenvalue weighted by Gasteiger charge is 2.13. The van der Waals surface area contributed by atoms with Gasteiger partial charge in [-0.25, -0.2) is 0 Å². The molecule has 0 unspecified atom stereocenters. The van der Waals surface area contributed by atoms with Crippen molar-refractivity contribution in [2.45, 2.75) is 46.8 Å².